The van der Waals surface area contributed by atoms with E-state index in [1.54, 1.807) is 15.8 Å². The molecule has 0 atom stereocenters. The number of carbonyl (C=O) groups is 2. The first-order valence-corrected chi connectivity index (χ1v) is 9.67. The predicted molar refractivity (Wildman–Crippen MR) is 107 cm³/mol. The zero-order chi connectivity index (χ0) is 21.0. The molecule has 29 heavy (non-hydrogen) atoms. The Labute approximate surface area is 169 Å². The van der Waals surface area contributed by atoms with Crippen molar-refractivity contribution in [2.45, 2.75) is 39.2 Å². The van der Waals surface area contributed by atoms with Crippen molar-refractivity contribution in [2.75, 3.05) is 31.1 Å². The summed E-state index contributed by atoms with van der Waals surface area (Å²) in [5.74, 6) is -0.936. The lowest BCUT2D eigenvalue weighted by Crippen LogP contribution is -2.39. The van der Waals surface area contributed by atoms with Gasteiger partial charge in [0.25, 0.3) is 0 Å². The molecule has 1 aliphatic heterocycles. The fraction of sp³-hybridized carbons (Fsp3) is 0.500. The van der Waals surface area contributed by atoms with Crippen LogP contribution in [-0.2, 0) is 16.0 Å². The minimum absolute atomic E-state index is 0.153. The van der Waals surface area contributed by atoms with Gasteiger partial charge >= 0.3 is 12.1 Å². The monoisotopic (exact) mass is 401 g/mol. The van der Waals surface area contributed by atoms with Crippen molar-refractivity contribution in [2.24, 2.45) is 0 Å². The van der Waals surface area contributed by atoms with Gasteiger partial charge < -0.3 is 19.6 Å². The van der Waals surface area contributed by atoms with Gasteiger partial charge in [-0.05, 0) is 51.5 Å². The summed E-state index contributed by atoms with van der Waals surface area (Å²) in [6.07, 6.45) is 2.06. The van der Waals surface area contributed by atoms with E-state index in [-0.39, 0.29) is 12.5 Å². The van der Waals surface area contributed by atoms with Gasteiger partial charge in [-0.25, -0.2) is 9.48 Å². The van der Waals surface area contributed by atoms with Crippen LogP contribution in [0.25, 0.3) is 5.69 Å². The van der Waals surface area contributed by atoms with E-state index in [1.165, 1.54) is 0 Å². The summed E-state index contributed by atoms with van der Waals surface area (Å²) >= 11 is 0. The summed E-state index contributed by atoms with van der Waals surface area (Å²) in [5.41, 5.74) is 1.79. The topological polar surface area (TPSA) is 101 Å². The summed E-state index contributed by atoms with van der Waals surface area (Å²) in [5, 5.41) is 16.7. The maximum Gasteiger partial charge on any atom is 0.410 e. The SMILES string of the molecule is CC(C)(C)OC(=O)N1CCCN(c2ccc(-n3cc(CC(=O)O)nn3)cc2)CC1. The number of hydrogen-bond donors (Lipinski definition) is 1. The van der Waals surface area contributed by atoms with Crippen LogP contribution in [0.5, 0.6) is 0 Å². The molecular weight excluding hydrogens is 374 g/mol. The van der Waals surface area contributed by atoms with Gasteiger partial charge in [-0.15, -0.1) is 5.10 Å². The smallest absolute Gasteiger partial charge is 0.410 e. The van der Waals surface area contributed by atoms with Crippen LogP contribution in [0.15, 0.2) is 30.5 Å². The van der Waals surface area contributed by atoms with E-state index in [4.69, 9.17) is 9.84 Å². The van der Waals surface area contributed by atoms with Crippen LogP contribution in [0.4, 0.5) is 10.5 Å². The predicted octanol–water partition coefficient (Wildman–Crippen LogP) is 2.34. The number of nitrogens with zero attached hydrogens (tertiary/aromatic N) is 5. The molecule has 1 fully saturated rings. The average Bonchev–Trinajstić information content (AvgIpc) is 2.95. The van der Waals surface area contributed by atoms with Crippen molar-refractivity contribution in [3.63, 3.8) is 0 Å². The van der Waals surface area contributed by atoms with Crippen molar-refractivity contribution in [3.8, 4) is 5.69 Å². The largest absolute Gasteiger partial charge is 0.481 e. The number of benzene rings is 1. The third-order valence-electron chi connectivity index (χ3n) is 4.50. The molecule has 9 heteroatoms. The summed E-state index contributed by atoms with van der Waals surface area (Å²) in [7, 11) is 0. The van der Waals surface area contributed by atoms with Crippen molar-refractivity contribution in [1.29, 1.82) is 0 Å². The Morgan fingerprint density at radius 3 is 2.41 bits per heavy atom. The van der Waals surface area contributed by atoms with Gasteiger partial charge in [0.15, 0.2) is 0 Å². The summed E-state index contributed by atoms with van der Waals surface area (Å²) in [4.78, 5) is 27.1. The molecule has 0 radical (unpaired) electrons. The molecule has 0 aliphatic carbocycles. The number of carbonyl (C=O) groups excluding carboxylic acids is 1. The molecule has 0 unspecified atom stereocenters. The highest BCUT2D eigenvalue weighted by Crippen LogP contribution is 2.20. The van der Waals surface area contributed by atoms with E-state index in [0.29, 0.717) is 18.8 Å². The molecule has 1 aromatic carbocycles. The molecule has 2 heterocycles. The fourth-order valence-corrected chi connectivity index (χ4v) is 3.16. The second-order valence-electron chi connectivity index (χ2n) is 8.05. The number of carboxylic acids is 1. The molecule has 0 bridgehead atoms. The highest BCUT2D eigenvalue weighted by molar-refractivity contribution is 5.69. The first-order valence-electron chi connectivity index (χ1n) is 9.67. The van der Waals surface area contributed by atoms with Crippen LogP contribution in [0, 0.1) is 0 Å². The van der Waals surface area contributed by atoms with Gasteiger partial charge in [0.05, 0.1) is 24.0 Å². The Hall–Kier alpha value is -3.10. The highest BCUT2D eigenvalue weighted by Gasteiger charge is 2.24. The van der Waals surface area contributed by atoms with E-state index in [2.05, 4.69) is 15.2 Å². The minimum Gasteiger partial charge on any atom is -0.481 e. The summed E-state index contributed by atoms with van der Waals surface area (Å²) in [6, 6.07) is 7.84. The molecule has 2 aromatic rings. The Balaban J connectivity index is 1.62. The van der Waals surface area contributed by atoms with Crippen LogP contribution < -0.4 is 4.90 Å². The van der Waals surface area contributed by atoms with E-state index in [9.17, 15) is 9.59 Å². The molecule has 3 rings (SSSR count). The molecule has 1 amide bonds. The molecule has 156 valence electrons. The lowest BCUT2D eigenvalue weighted by atomic mass is 10.2. The number of amides is 1. The Morgan fingerprint density at radius 2 is 1.76 bits per heavy atom. The van der Waals surface area contributed by atoms with Gasteiger partial charge in [-0.2, -0.15) is 0 Å². The van der Waals surface area contributed by atoms with Gasteiger partial charge in [0.1, 0.15) is 5.60 Å². The molecule has 0 spiro atoms. The lowest BCUT2D eigenvalue weighted by Gasteiger charge is -2.27. The average molecular weight is 401 g/mol. The Morgan fingerprint density at radius 1 is 1.07 bits per heavy atom. The molecule has 1 saturated heterocycles. The van der Waals surface area contributed by atoms with Gasteiger partial charge in [-0.3, -0.25) is 4.79 Å². The minimum atomic E-state index is -0.936. The van der Waals surface area contributed by atoms with E-state index >= 15 is 0 Å². The van der Waals surface area contributed by atoms with Crippen molar-refractivity contribution < 1.29 is 19.4 Å². The van der Waals surface area contributed by atoms with E-state index in [1.807, 2.05) is 45.0 Å². The van der Waals surface area contributed by atoms with Gasteiger partial charge in [0, 0.05) is 31.9 Å². The normalized spacial score (nSPS) is 15.1. The molecule has 0 saturated carbocycles. The second-order valence-corrected chi connectivity index (χ2v) is 8.05. The Bertz CT molecular complexity index is 857. The van der Waals surface area contributed by atoms with Gasteiger partial charge in [0.2, 0.25) is 0 Å². The third kappa shape index (κ3) is 5.69. The lowest BCUT2D eigenvalue weighted by molar-refractivity contribution is -0.136. The summed E-state index contributed by atoms with van der Waals surface area (Å²) in [6.45, 7) is 8.48. The van der Waals surface area contributed by atoms with Crippen LogP contribution in [0.2, 0.25) is 0 Å². The molecule has 1 aliphatic rings. The van der Waals surface area contributed by atoms with Crippen molar-refractivity contribution in [1.82, 2.24) is 19.9 Å². The molecular formula is C20H27N5O4. The second kappa shape index (κ2) is 8.50. The van der Waals surface area contributed by atoms with Crippen LogP contribution >= 0.6 is 0 Å². The zero-order valence-corrected chi connectivity index (χ0v) is 17.0. The zero-order valence-electron chi connectivity index (χ0n) is 17.0. The number of carboxylic acid groups (broad SMARTS) is 1. The maximum atomic E-state index is 12.3. The number of aromatic nitrogens is 3. The Kier molecular flexibility index (Phi) is 6.05. The summed E-state index contributed by atoms with van der Waals surface area (Å²) < 4.78 is 7.04. The highest BCUT2D eigenvalue weighted by atomic mass is 16.6. The number of ether oxygens (including phenoxy) is 1. The number of aliphatic carboxylic acids is 1. The van der Waals surface area contributed by atoms with Crippen molar-refractivity contribution in [3.05, 3.63) is 36.2 Å². The number of anilines is 1. The van der Waals surface area contributed by atoms with Crippen LogP contribution in [0.1, 0.15) is 32.9 Å². The van der Waals surface area contributed by atoms with Gasteiger partial charge in [-0.1, -0.05) is 5.21 Å². The maximum absolute atomic E-state index is 12.3. The van der Waals surface area contributed by atoms with E-state index < -0.39 is 11.6 Å². The van der Waals surface area contributed by atoms with Crippen molar-refractivity contribution >= 4 is 17.7 Å². The molecule has 1 aromatic heterocycles. The van der Waals surface area contributed by atoms with E-state index in [0.717, 1.165) is 30.9 Å². The number of rotatable bonds is 4. The van der Waals surface area contributed by atoms with Crippen LogP contribution in [0.3, 0.4) is 0 Å². The molecule has 9 nitrogen and oxygen atoms in total. The van der Waals surface area contributed by atoms with Crippen LogP contribution in [-0.4, -0.2) is 68.8 Å². The first kappa shape index (κ1) is 20.6. The third-order valence-corrected chi connectivity index (χ3v) is 4.50. The quantitative estimate of drug-likeness (QED) is 0.839. The standard InChI is InChI=1S/C20H27N5O4/c1-20(2,3)29-19(28)24-10-4-9-23(11-12-24)16-5-7-17(8-6-16)25-14-15(21-22-25)13-18(26)27/h5-8,14H,4,9-13H2,1-3H3,(H,26,27). The number of hydrogen-bond acceptors (Lipinski definition) is 6. The fourth-order valence-electron chi connectivity index (χ4n) is 3.16. The molecule has 1 N–H and O–H groups in total. The first-order chi connectivity index (χ1) is 13.7.